The number of imidazole rings is 1. The second kappa shape index (κ2) is 5.99. The predicted octanol–water partition coefficient (Wildman–Crippen LogP) is 3.82. The van der Waals surface area contributed by atoms with Crippen LogP contribution in [0.25, 0.3) is 22.0 Å². The molecule has 0 amide bonds. The molecule has 1 aliphatic rings. The van der Waals surface area contributed by atoms with Gasteiger partial charge < -0.3 is 14.3 Å². The average molecular weight is 386 g/mol. The van der Waals surface area contributed by atoms with Gasteiger partial charge in [-0.05, 0) is 32.0 Å². The first kappa shape index (κ1) is 17.4. The summed E-state index contributed by atoms with van der Waals surface area (Å²) in [5.41, 5.74) is -0.179. The van der Waals surface area contributed by atoms with E-state index in [4.69, 9.17) is 16.0 Å². The number of hydrogen-bond donors (Lipinski definition) is 1. The number of piperidine rings is 1. The lowest BCUT2D eigenvalue weighted by atomic mass is 9.95. The molecule has 4 rings (SSSR count). The number of nitrogens with zero attached hydrogens (tertiary/aromatic N) is 2. The number of fused-ring (bicyclic) bond motifs is 3. The molecule has 2 aromatic heterocycles. The highest BCUT2D eigenvalue weighted by molar-refractivity contribution is 6.36. The number of benzene rings is 1. The van der Waals surface area contributed by atoms with Crippen LogP contribution in [-0.4, -0.2) is 22.6 Å². The number of nitrogens with one attached hydrogen (secondary N) is 1. The molecule has 5 nitrogen and oxygen atoms in total. The molecule has 1 aliphatic heterocycles. The number of aryl methyl sites for hydroxylation is 1. The van der Waals surface area contributed by atoms with E-state index in [1.54, 1.807) is 0 Å². The molecular weight excluding hydrogens is 371 g/mol. The van der Waals surface area contributed by atoms with Crippen molar-refractivity contribution in [1.82, 2.24) is 14.9 Å². The van der Waals surface area contributed by atoms with Crippen LogP contribution in [0.3, 0.4) is 0 Å². The summed E-state index contributed by atoms with van der Waals surface area (Å²) in [6.07, 6.45) is -3.05. The SMILES string of the molecule is Cn1c(C(F)(F)F)nc2c(Cl)cc3c(=O)cc(C4CCNCC4)oc3c21. The Hall–Kier alpha value is -2.06. The van der Waals surface area contributed by atoms with E-state index in [0.29, 0.717) is 5.76 Å². The molecule has 1 N–H and O–H groups in total. The number of halogens is 4. The van der Waals surface area contributed by atoms with Gasteiger partial charge in [0.05, 0.1) is 10.4 Å². The molecule has 0 spiro atoms. The quantitative estimate of drug-likeness (QED) is 0.692. The van der Waals surface area contributed by atoms with Crippen LogP contribution < -0.4 is 10.7 Å². The van der Waals surface area contributed by atoms with Crippen LogP contribution in [0.15, 0.2) is 21.3 Å². The minimum Gasteiger partial charge on any atom is -0.458 e. The monoisotopic (exact) mass is 385 g/mol. The average Bonchev–Trinajstić information content (AvgIpc) is 2.95. The fourth-order valence-electron chi connectivity index (χ4n) is 3.51. The Bertz CT molecular complexity index is 1070. The molecular formula is C17H15ClF3N3O2. The maximum Gasteiger partial charge on any atom is 0.449 e. The van der Waals surface area contributed by atoms with Crippen molar-refractivity contribution >= 4 is 33.6 Å². The Balaban J connectivity index is 2.05. The Morgan fingerprint density at radius 3 is 2.65 bits per heavy atom. The summed E-state index contributed by atoms with van der Waals surface area (Å²) >= 11 is 6.10. The van der Waals surface area contributed by atoms with Crippen molar-refractivity contribution in [2.75, 3.05) is 13.1 Å². The normalized spacial score (nSPS) is 16.7. The summed E-state index contributed by atoms with van der Waals surface area (Å²) in [7, 11) is 1.24. The molecule has 9 heteroatoms. The molecule has 138 valence electrons. The third-order valence-electron chi connectivity index (χ3n) is 4.81. The fourth-order valence-corrected chi connectivity index (χ4v) is 3.76. The second-order valence-electron chi connectivity index (χ2n) is 6.46. The smallest absolute Gasteiger partial charge is 0.449 e. The van der Waals surface area contributed by atoms with E-state index in [1.807, 2.05) is 0 Å². The first-order valence-corrected chi connectivity index (χ1v) is 8.55. The largest absolute Gasteiger partial charge is 0.458 e. The summed E-state index contributed by atoms with van der Waals surface area (Å²) in [6, 6.07) is 2.74. The van der Waals surface area contributed by atoms with Gasteiger partial charge in [0, 0.05) is 19.0 Å². The van der Waals surface area contributed by atoms with Crippen LogP contribution in [0, 0.1) is 0 Å². The Kier molecular flexibility index (Phi) is 4.00. The lowest BCUT2D eigenvalue weighted by Crippen LogP contribution is -2.27. The maximum atomic E-state index is 13.2. The van der Waals surface area contributed by atoms with Gasteiger partial charge in [0.1, 0.15) is 16.8 Å². The van der Waals surface area contributed by atoms with E-state index in [1.165, 1.54) is 19.2 Å². The van der Waals surface area contributed by atoms with Crippen LogP contribution in [0.2, 0.25) is 5.02 Å². The number of aromatic nitrogens is 2. The molecule has 1 aromatic carbocycles. The molecule has 1 fully saturated rings. The van der Waals surface area contributed by atoms with Crippen LogP contribution in [0.1, 0.15) is 30.3 Å². The summed E-state index contributed by atoms with van der Waals surface area (Å²) in [6.45, 7) is 1.60. The highest BCUT2D eigenvalue weighted by Crippen LogP contribution is 2.37. The van der Waals surface area contributed by atoms with Crippen LogP contribution in [-0.2, 0) is 13.2 Å². The standard InChI is InChI=1S/C17H15ClF3N3O2/c1-24-14-13(23-16(24)17(19,20)21)10(18)6-9-11(25)7-12(26-15(9)14)8-2-4-22-5-3-8/h6-8,22H,2-5H2,1H3. The minimum atomic E-state index is -4.64. The molecule has 0 aliphatic carbocycles. The topological polar surface area (TPSA) is 60.1 Å². The van der Waals surface area contributed by atoms with Crippen molar-refractivity contribution in [3.63, 3.8) is 0 Å². The van der Waals surface area contributed by atoms with Crippen LogP contribution in [0.4, 0.5) is 13.2 Å². The van der Waals surface area contributed by atoms with Gasteiger partial charge in [0.15, 0.2) is 11.0 Å². The van der Waals surface area contributed by atoms with E-state index in [9.17, 15) is 18.0 Å². The van der Waals surface area contributed by atoms with Crippen molar-refractivity contribution in [3.05, 3.63) is 39.0 Å². The Morgan fingerprint density at radius 1 is 1.31 bits per heavy atom. The van der Waals surface area contributed by atoms with Gasteiger partial charge >= 0.3 is 6.18 Å². The lowest BCUT2D eigenvalue weighted by Gasteiger charge is -2.21. The Labute approximate surface area is 150 Å². The zero-order valence-electron chi connectivity index (χ0n) is 13.8. The van der Waals surface area contributed by atoms with Crippen molar-refractivity contribution in [2.24, 2.45) is 7.05 Å². The predicted molar refractivity (Wildman–Crippen MR) is 91.6 cm³/mol. The van der Waals surface area contributed by atoms with E-state index < -0.39 is 12.0 Å². The summed E-state index contributed by atoms with van der Waals surface area (Å²) < 4.78 is 46.6. The van der Waals surface area contributed by atoms with Gasteiger partial charge in [-0.25, -0.2) is 4.98 Å². The second-order valence-corrected chi connectivity index (χ2v) is 6.87. The van der Waals surface area contributed by atoms with E-state index in [-0.39, 0.29) is 38.4 Å². The van der Waals surface area contributed by atoms with Gasteiger partial charge in [-0.2, -0.15) is 13.2 Å². The number of hydrogen-bond acceptors (Lipinski definition) is 4. The Morgan fingerprint density at radius 2 is 2.00 bits per heavy atom. The van der Waals surface area contributed by atoms with Crippen molar-refractivity contribution < 1.29 is 17.6 Å². The van der Waals surface area contributed by atoms with Crippen LogP contribution >= 0.6 is 11.6 Å². The first-order chi connectivity index (χ1) is 12.3. The zero-order valence-corrected chi connectivity index (χ0v) is 14.5. The zero-order chi connectivity index (χ0) is 18.6. The van der Waals surface area contributed by atoms with Crippen LogP contribution in [0.5, 0.6) is 0 Å². The van der Waals surface area contributed by atoms with Gasteiger partial charge in [-0.3, -0.25) is 4.79 Å². The molecule has 3 aromatic rings. The van der Waals surface area contributed by atoms with Gasteiger partial charge in [-0.15, -0.1) is 0 Å². The molecule has 0 saturated carbocycles. The van der Waals surface area contributed by atoms with Crippen molar-refractivity contribution in [2.45, 2.75) is 24.9 Å². The summed E-state index contributed by atoms with van der Waals surface area (Å²) in [5, 5.41) is 3.36. The minimum absolute atomic E-state index is 0.0134. The van der Waals surface area contributed by atoms with Gasteiger partial charge in [0.25, 0.3) is 0 Å². The van der Waals surface area contributed by atoms with Gasteiger partial charge in [-0.1, -0.05) is 11.6 Å². The molecule has 0 radical (unpaired) electrons. The first-order valence-electron chi connectivity index (χ1n) is 8.18. The third kappa shape index (κ3) is 2.68. The number of rotatable bonds is 1. The highest BCUT2D eigenvalue weighted by atomic mass is 35.5. The van der Waals surface area contributed by atoms with E-state index >= 15 is 0 Å². The van der Waals surface area contributed by atoms with E-state index in [2.05, 4.69) is 10.3 Å². The lowest BCUT2D eigenvalue weighted by molar-refractivity contribution is -0.146. The van der Waals surface area contributed by atoms with Crippen molar-refractivity contribution in [1.29, 1.82) is 0 Å². The third-order valence-corrected chi connectivity index (χ3v) is 5.09. The summed E-state index contributed by atoms with van der Waals surface area (Å²) in [4.78, 5) is 16.2. The highest BCUT2D eigenvalue weighted by Gasteiger charge is 2.38. The summed E-state index contributed by atoms with van der Waals surface area (Å²) in [5.74, 6) is -0.548. The number of alkyl halides is 3. The molecule has 1 saturated heterocycles. The molecule has 0 atom stereocenters. The molecule has 26 heavy (non-hydrogen) atoms. The molecule has 0 unspecified atom stereocenters. The van der Waals surface area contributed by atoms with E-state index in [0.717, 1.165) is 30.5 Å². The maximum absolute atomic E-state index is 13.2. The van der Waals surface area contributed by atoms with Crippen molar-refractivity contribution in [3.8, 4) is 0 Å². The fraction of sp³-hybridized carbons (Fsp3) is 0.412. The molecule has 0 bridgehead atoms. The molecule has 3 heterocycles. The van der Waals surface area contributed by atoms with Gasteiger partial charge in [0.2, 0.25) is 5.82 Å².